The number of amides is 1. The molecule has 0 atom stereocenters. The maximum absolute atomic E-state index is 13.5. The predicted molar refractivity (Wildman–Crippen MR) is 145 cm³/mol. The molecule has 1 amide bonds. The third-order valence-corrected chi connectivity index (χ3v) is 8.54. The molecule has 1 N–H and O–H groups in total. The highest BCUT2D eigenvalue weighted by atomic mass is 79.9. The molecule has 10 heteroatoms. The second-order valence-electron chi connectivity index (χ2n) is 7.62. The molecular weight excluding hydrogens is 627 g/mol. The first-order chi connectivity index (χ1) is 16.0. The highest BCUT2D eigenvalue weighted by molar-refractivity contribution is 9.10. The van der Waals surface area contributed by atoms with Gasteiger partial charge in [0.2, 0.25) is 15.9 Å². The average molecular weight is 649 g/mol. The second-order valence-corrected chi connectivity index (χ2v) is 12.2. The van der Waals surface area contributed by atoms with E-state index in [1.807, 2.05) is 26.0 Å². The first kappa shape index (κ1) is 27.2. The number of rotatable bonds is 8. The van der Waals surface area contributed by atoms with Crippen LogP contribution in [-0.4, -0.2) is 25.2 Å². The summed E-state index contributed by atoms with van der Waals surface area (Å²) >= 11 is 19.1. The van der Waals surface area contributed by atoms with E-state index in [4.69, 9.17) is 23.2 Å². The van der Waals surface area contributed by atoms with Crippen molar-refractivity contribution >= 4 is 76.7 Å². The van der Waals surface area contributed by atoms with Crippen LogP contribution in [0.5, 0.6) is 0 Å². The summed E-state index contributed by atoms with van der Waals surface area (Å²) in [4.78, 5) is 13.2. The van der Waals surface area contributed by atoms with E-state index in [1.165, 1.54) is 12.1 Å². The fourth-order valence-corrected chi connectivity index (χ4v) is 6.16. The van der Waals surface area contributed by atoms with Crippen molar-refractivity contribution in [1.29, 1.82) is 0 Å². The SMILES string of the molecule is CCc1cc(Br)cc(C)c1NC(=O)CN(Cc1ccc(Cl)cc1Cl)S(=O)(=O)c1ccc(Br)cc1. The van der Waals surface area contributed by atoms with Crippen LogP contribution in [0.2, 0.25) is 10.0 Å². The largest absolute Gasteiger partial charge is 0.324 e. The lowest BCUT2D eigenvalue weighted by Crippen LogP contribution is -2.37. The molecule has 0 saturated heterocycles. The third-order valence-electron chi connectivity index (χ3n) is 5.16. The molecule has 0 unspecified atom stereocenters. The fraction of sp³-hybridized carbons (Fsp3) is 0.208. The molecule has 0 saturated carbocycles. The van der Waals surface area contributed by atoms with Gasteiger partial charge in [-0.15, -0.1) is 0 Å². The van der Waals surface area contributed by atoms with Crippen molar-refractivity contribution in [1.82, 2.24) is 4.31 Å². The zero-order valence-corrected chi connectivity index (χ0v) is 23.9. The van der Waals surface area contributed by atoms with E-state index in [2.05, 4.69) is 37.2 Å². The lowest BCUT2D eigenvalue weighted by Gasteiger charge is -2.23. The quantitative estimate of drug-likeness (QED) is 0.281. The lowest BCUT2D eigenvalue weighted by molar-refractivity contribution is -0.116. The molecule has 0 aliphatic rings. The molecule has 3 rings (SSSR count). The molecule has 3 aromatic carbocycles. The van der Waals surface area contributed by atoms with Crippen LogP contribution in [0.4, 0.5) is 5.69 Å². The van der Waals surface area contributed by atoms with Gasteiger partial charge in [0, 0.05) is 31.2 Å². The number of sulfonamides is 1. The molecule has 3 aromatic rings. The minimum Gasteiger partial charge on any atom is -0.324 e. The molecule has 180 valence electrons. The van der Waals surface area contributed by atoms with Crippen LogP contribution in [0, 0.1) is 6.92 Å². The number of aryl methyl sites for hydroxylation is 2. The minimum atomic E-state index is -4.01. The van der Waals surface area contributed by atoms with Crippen LogP contribution in [0.1, 0.15) is 23.6 Å². The van der Waals surface area contributed by atoms with Crippen LogP contribution in [-0.2, 0) is 27.8 Å². The summed E-state index contributed by atoms with van der Waals surface area (Å²) < 4.78 is 29.8. The van der Waals surface area contributed by atoms with Gasteiger partial charge in [-0.1, -0.05) is 68.1 Å². The van der Waals surface area contributed by atoms with Gasteiger partial charge in [-0.3, -0.25) is 4.79 Å². The standard InChI is InChI=1S/C24H22Br2Cl2N2O3S/c1-3-16-11-19(26)10-15(2)24(16)29-23(31)14-30(13-17-4-7-20(27)12-22(17)28)34(32,33)21-8-5-18(25)6-9-21/h4-12H,3,13-14H2,1-2H3,(H,29,31). The van der Waals surface area contributed by atoms with Gasteiger partial charge in [-0.2, -0.15) is 4.31 Å². The number of hydrogen-bond acceptors (Lipinski definition) is 3. The first-order valence-electron chi connectivity index (χ1n) is 10.3. The van der Waals surface area contributed by atoms with Crippen molar-refractivity contribution in [2.75, 3.05) is 11.9 Å². The molecule has 0 radical (unpaired) electrons. The molecule has 0 aliphatic carbocycles. The van der Waals surface area contributed by atoms with Gasteiger partial charge in [0.15, 0.2) is 0 Å². The van der Waals surface area contributed by atoms with E-state index >= 15 is 0 Å². The van der Waals surface area contributed by atoms with E-state index in [9.17, 15) is 13.2 Å². The minimum absolute atomic E-state index is 0.0719. The molecule has 0 fully saturated rings. The molecule has 0 bridgehead atoms. The molecular formula is C24H22Br2Cl2N2O3S. The van der Waals surface area contributed by atoms with E-state index < -0.39 is 22.5 Å². The third kappa shape index (κ3) is 6.62. The summed E-state index contributed by atoms with van der Waals surface area (Å²) in [5, 5.41) is 3.66. The zero-order chi connectivity index (χ0) is 25.0. The normalized spacial score (nSPS) is 11.6. The Morgan fingerprint density at radius 2 is 1.65 bits per heavy atom. The zero-order valence-electron chi connectivity index (χ0n) is 18.4. The molecule has 0 heterocycles. The Morgan fingerprint density at radius 1 is 0.971 bits per heavy atom. The van der Waals surface area contributed by atoms with Crippen molar-refractivity contribution in [2.45, 2.75) is 31.7 Å². The van der Waals surface area contributed by atoms with Crippen molar-refractivity contribution in [3.8, 4) is 0 Å². The van der Waals surface area contributed by atoms with Crippen LogP contribution in [0.15, 0.2) is 68.4 Å². The number of nitrogens with one attached hydrogen (secondary N) is 1. The topological polar surface area (TPSA) is 66.5 Å². The van der Waals surface area contributed by atoms with Crippen molar-refractivity contribution in [2.24, 2.45) is 0 Å². The Morgan fingerprint density at radius 3 is 2.26 bits per heavy atom. The number of carbonyl (C=O) groups excluding carboxylic acids is 1. The number of carbonyl (C=O) groups is 1. The predicted octanol–water partition coefficient (Wildman–Crippen LogP) is 7.22. The van der Waals surface area contributed by atoms with Gasteiger partial charge in [0.25, 0.3) is 0 Å². The molecule has 0 aliphatic heterocycles. The highest BCUT2D eigenvalue weighted by Gasteiger charge is 2.28. The summed E-state index contributed by atoms with van der Waals surface area (Å²) in [6, 6.07) is 14.9. The molecule has 0 aromatic heterocycles. The summed E-state index contributed by atoms with van der Waals surface area (Å²) in [5.74, 6) is -0.453. The van der Waals surface area contributed by atoms with Gasteiger partial charge >= 0.3 is 0 Å². The summed E-state index contributed by atoms with van der Waals surface area (Å²) in [7, 11) is -4.01. The van der Waals surface area contributed by atoms with Gasteiger partial charge in [-0.05, 0) is 78.6 Å². The highest BCUT2D eigenvalue weighted by Crippen LogP contribution is 2.28. The Balaban J connectivity index is 1.95. The number of anilines is 1. The van der Waals surface area contributed by atoms with Crippen LogP contribution in [0.3, 0.4) is 0 Å². The van der Waals surface area contributed by atoms with Gasteiger partial charge in [-0.25, -0.2) is 8.42 Å². The Kier molecular flexibility index (Phi) is 9.23. The molecule has 0 spiro atoms. The maximum Gasteiger partial charge on any atom is 0.243 e. The molecule has 34 heavy (non-hydrogen) atoms. The smallest absolute Gasteiger partial charge is 0.243 e. The Labute approximate surface area is 226 Å². The van der Waals surface area contributed by atoms with Gasteiger partial charge in [0.1, 0.15) is 0 Å². The average Bonchev–Trinajstić information content (AvgIpc) is 2.76. The lowest BCUT2D eigenvalue weighted by atomic mass is 10.1. The van der Waals surface area contributed by atoms with Crippen LogP contribution < -0.4 is 5.32 Å². The van der Waals surface area contributed by atoms with Crippen molar-refractivity contribution in [3.63, 3.8) is 0 Å². The molecule has 5 nitrogen and oxygen atoms in total. The van der Waals surface area contributed by atoms with Gasteiger partial charge in [0.05, 0.1) is 11.4 Å². The Hall–Kier alpha value is -1.42. The fourth-order valence-electron chi connectivity index (χ4n) is 3.43. The van der Waals surface area contributed by atoms with Crippen LogP contribution >= 0.6 is 55.1 Å². The number of halogens is 4. The van der Waals surface area contributed by atoms with Crippen LogP contribution in [0.25, 0.3) is 0 Å². The van der Waals surface area contributed by atoms with E-state index in [0.717, 1.165) is 24.4 Å². The van der Waals surface area contributed by atoms with Gasteiger partial charge < -0.3 is 5.32 Å². The first-order valence-corrected chi connectivity index (χ1v) is 14.1. The number of hydrogen-bond donors (Lipinski definition) is 1. The second kappa shape index (κ2) is 11.5. The van der Waals surface area contributed by atoms with Crippen molar-refractivity contribution in [3.05, 3.63) is 90.3 Å². The summed E-state index contributed by atoms with van der Waals surface area (Å²) in [6.45, 7) is 3.39. The summed E-state index contributed by atoms with van der Waals surface area (Å²) in [5.41, 5.74) is 3.04. The van der Waals surface area contributed by atoms with Crippen molar-refractivity contribution < 1.29 is 13.2 Å². The maximum atomic E-state index is 13.5. The number of nitrogens with zero attached hydrogens (tertiary/aromatic N) is 1. The Bertz CT molecular complexity index is 1320. The summed E-state index contributed by atoms with van der Waals surface area (Å²) in [6.07, 6.45) is 0.706. The van der Waals surface area contributed by atoms with E-state index in [-0.39, 0.29) is 11.4 Å². The van der Waals surface area contributed by atoms with E-state index in [1.54, 1.807) is 30.3 Å². The number of benzene rings is 3. The van der Waals surface area contributed by atoms with E-state index in [0.29, 0.717) is 27.7 Å². The monoisotopic (exact) mass is 646 g/mol.